The van der Waals surface area contributed by atoms with Crippen molar-refractivity contribution in [2.24, 2.45) is 5.92 Å². The summed E-state index contributed by atoms with van der Waals surface area (Å²) in [4.78, 5) is 14.8. The number of fused-ring (bicyclic) bond motifs is 1. The molecule has 4 rings (SSSR count). The molecule has 186 valence electrons. The number of aromatic nitrogens is 2. The molecule has 0 aliphatic carbocycles. The third-order valence-corrected chi connectivity index (χ3v) is 7.14. The first-order valence-corrected chi connectivity index (χ1v) is 13.0. The van der Waals surface area contributed by atoms with Gasteiger partial charge in [0.15, 0.2) is 11.5 Å². The summed E-state index contributed by atoms with van der Waals surface area (Å²) in [6.07, 6.45) is 4.27. The number of carbonyl (C=O) groups excluding carboxylic acids is 1. The van der Waals surface area contributed by atoms with Gasteiger partial charge in [0.25, 0.3) is 0 Å². The second kappa shape index (κ2) is 10.5. The van der Waals surface area contributed by atoms with Crippen molar-refractivity contribution >= 4 is 15.9 Å². The summed E-state index contributed by atoms with van der Waals surface area (Å²) in [5, 5.41) is 4.36. The Kier molecular flexibility index (Phi) is 7.42. The Labute approximate surface area is 205 Å². The minimum Gasteiger partial charge on any atom is -0.490 e. The fourth-order valence-electron chi connectivity index (χ4n) is 3.77. The molecule has 1 N–H and O–H groups in total. The maximum atomic E-state index is 13.3. The molecule has 1 amide bonds. The number of likely N-dealkylation sites (N-methyl/N-ethyl adjacent to an activating group) is 1. The molecule has 1 aliphatic heterocycles. The van der Waals surface area contributed by atoms with Gasteiger partial charge in [0.1, 0.15) is 6.04 Å². The van der Waals surface area contributed by atoms with Gasteiger partial charge in [-0.3, -0.25) is 4.79 Å². The SMILES string of the molecule is CC(C)C(NS(=O)(=O)c1ccc2c(c1)OCCCO2)C(=O)N(C)Cc1cnn(-c2ccccc2)c1. The van der Waals surface area contributed by atoms with E-state index in [-0.39, 0.29) is 16.7 Å². The number of rotatable bonds is 8. The van der Waals surface area contributed by atoms with Crippen LogP contribution in [0.5, 0.6) is 11.5 Å². The fourth-order valence-corrected chi connectivity index (χ4v) is 5.12. The third kappa shape index (κ3) is 5.83. The first kappa shape index (κ1) is 24.7. The quantitative estimate of drug-likeness (QED) is 0.512. The molecule has 1 unspecified atom stereocenters. The summed E-state index contributed by atoms with van der Waals surface area (Å²) in [7, 11) is -2.33. The summed E-state index contributed by atoms with van der Waals surface area (Å²) in [6, 6.07) is 13.2. The van der Waals surface area contributed by atoms with Crippen LogP contribution in [0, 0.1) is 5.92 Å². The minimum absolute atomic E-state index is 0.0204. The van der Waals surface area contributed by atoms with E-state index in [9.17, 15) is 13.2 Å². The zero-order chi connectivity index (χ0) is 25.0. The van der Waals surface area contributed by atoms with Gasteiger partial charge in [0, 0.05) is 37.8 Å². The van der Waals surface area contributed by atoms with Gasteiger partial charge >= 0.3 is 0 Å². The third-order valence-electron chi connectivity index (χ3n) is 5.70. The molecule has 0 saturated heterocycles. The number of amides is 1. The summed E-state index contributed by atoms with van der Waals surface area (Å²) < 4.78 is 41.9. The zero-order valence-corrected chi connectivity index (χ0v) is 20.9. The Morgan fingerprint density at radius 3 is 2.54 bits per heavy atom. The molecular weight excluding hydrogens is 468 g/mol. The molecule has 0 fully saturated rings. The van der Waals surface area contributed by atoms with E-state index in [0.717, 1.165) is 17.7 Å². The van der Waals surface area contributed by atoms with Gasteiger partial charge < -0.3 is 14.4 Å². The van der Waals surface area contributed by atoms with Crippen LogP contribution in [0.3, 0.4) is 0 Å². The highest BCUT2D eigenvalue weighted by Gasteiger charge is 2.31. The molecule has 0 bridgehead atoms. The smallest absolute Gasteiger partial charge is 0.241 e. The number of nitrogens with zero attached hydrogens (tertiary/aromatic N) is 3. The van der Waals surface area contributed by atoms with Crippen LogP contribution in [0.15, 0.2) is 65.8 Å². The summed E-state index contributed by atoms with van der Waals surface area (Å²) in [6.45, 7) is 4.86. The molecule has 2 heterocycles. The molecule has 1 aromatic heterocycles. The first-order valence-electron chi connectivity index (χ1n) is 11.5. The number of benzene rings is 2. The van der Waals surface area contributed by atoms with Crippen LogP contribution < -0.4 is 14.2 Å². The van der Waals surface area contributed by atoms with Crippen LogP contribution in [-0.2, 0) is 21.4 Å². The van der Waals surface area contributed by atoms with Crippen molar-refractivity contribution in [3.05, 3.63) is 66.5 Å². The Hall–Kier alpha value is -3.37. The maximum Gasteiger partial charge on any atom is 0.241 e. The van der Waals surface area contributed by atoms with E-state index in [1.54, 1.807) is 37.8 Å². The van der Waals surface area contributed by atoms with Crippen molar-refractivity contribution < 1.29 is 22.7 Å². The predicted molar refractivity (Wildman–Crippen MR) is 131 cm³/mol. The van der Waals surface area contributed by atoms with Gasteiger partial charge in [-0.05, 0) is 30.2 Å². The van der Waals surface area contributed by atoms with E-state index in [4.69, 9.17) is 9.47 Å². The van der Waals surface area contributed by atoms with Gasteiger partial charge in [-0.2, -0.15) is 9.82 Å². The van der Waals surface area contributed by atoms with Crippen molar-refractivity contribution in [1.29, 1.82) is 0 Å². The zero-order valence-electron chi connectivity index (χ0n) is 20.0. The van der Waals surface area contributed by atoms with Gasteiger partial charge in [0.05, 0.1) is 30.0 Å². The second-order valence-corrected chi connectivity index (χ2v) is 10.5. The van der Waals surface area contributed by atoms with Crippen LogP contribution in [0.4, 0.5) is 0 Å². The van der Waals surface area contributed by atoms with E-state index in [1.807, 2.05) is 36.5 Å². The van der Waals surface area contributed by atoms with Gasteiger partial charge in [0.2, 0.25) is 15.9 Å². The average molecular weight is 499 g/mol. The van der Waals surface area contributed by atoms with Gasteiger partial charge in [-0.1, -0.05) is 32.0 Å². The number of sulfonamides is 1. The van der Waals surface area contributed by atoms with E-state index >= 15 is 0 Å². The molecule has 2 aromatic carbocycles. The normalized spacial score (nSPS) is 14.4. The number of para-hydroxylation sites is 1. The molecule has 1 atom stereocenters. The number of ether oxygens (including phenoxy) is 2. The molecule has 1 aliphatic rings. The fraction of sp³-hybridized carbons (Fsp3) is 0.360. The Balaban J connectivity index is 1.47. The van der Waals surface area contributed by atoms with Crippen LogP contribution in [-0.4, -0.2) is 55.3 Å². The van der Waals surface area contributed by atoms with Crippen molar-refractivity contribution in [2.75, 3.05) is 20.3 Å². The topological polar surface area (TPSA) is 103 Å². The van der Waals surface area contributed by atoms with Gasteiger partial charge in [-0.25, -0.2) is 13.1 Å². The predicted octanol–water partition coefficient (Wildman–Crippen LogP) is 3.00. The average Bonchev–Trinajstić information content (AvgIpc) is 3.18. The number of hydrogen-bond acceptors (Lipinski definition) is 6. The van der Waals surface area contributed by atoms with E-state index < -0.39 is 16.1 Å². The standard InChI is InChI=1S/C25H30N4O5S/c1-18(2)24(27-35(31,32)21-10-11-22-23(14-21)34-13-7-12-33-22)25(30)28(3)16-19-15-26-29(17-19)20-8-5-4-6-9-20/h4-6,8-11,14-15,17-18,24,27H,7,12-13,16H2,1-3H3. The number of hydrogen-bond donors (Lipinski definition) is 1. The van der Waals surface area contributed by atoms with E-state index in [0.29, 0.717) is 31.3 Å². The van der Waals surface area contributed by atoms with Crippen LogP contribution >= 0.6 is 0 Å². The van der Waals surface area contributed by atoms with Crippen molar-refractivity contribution in [1.82, 2.24) is 19.4 Å². The van der Waals surface area contributed by atoms with Crippen LogP contribution in [0.25, 0.3) is 5.69 Å². The summed E-state index contributed by atoms with van der Waals surface area (Å²) in [5.41, 5.74) is 1.74. The Morgan fingerprint density at radius 1 is 1.11 bits per heavy atom. The second-order valence-electron chi connectivity index (χ2n) is 8.82. The first-order chi connectivity index (χ1) is 16.7. The van der Waals surface area contributed by atoms with Crippen LogP contribution in [0.1, 0.15) is 25.8 Å². The summed E-state index contributed by atoms with van der Waals surface area (Å²) in [5.74, 6) is 0.289. The lowest BCUT2D eigenvalue weighted by molar-refractivity contribution is -0.133. The van der Waals surface area contributed by atoms with E-state index in [1.165, 1.54) is 17.0 Å². The molecule has 0 radical (unpaired) electrons. The lowest BCUT2D eigenvalue weighted by Crippen LogP contribution is -2.49. The molecule has 3 aromatic rings. The van der Waals surface area contributed by atoms with Gasteiger partial charge in [-0.15, -0.1) is 0 Å². The van der Waals surface area contributed by atoms with Crippen molar-refractivity contribution in [2.45, 2.75) is 37.8 Å². The molecule has 0 spiro atoms. The largest absolute Gasteiger partial charge is 0.490 e. The van der Waals surface area contributed by atoms with E-state index in [2.05, 4.69) is 9.82 Å². The highest BCUT2D eigenvalue weighted by molar-refractivity contribution is 7.89. The Morgan fingerprint density at radius 2 is 1.83 bits per heavy atom. The minimum atomic E-state index is -3.98. The van der Waals surface area contributed by atoms with Crippen molar-refractivity contribution in [3.63, 3.8) is 0 Å². The summed E-state index contributed by atoms with van der Waals surface area (Å²) >= 11 is 0. The lowest BCUT2D eigenvalue weighted by Gasteiger charge is -2.26. The molecule has 35 heavy (non-hydrogen) atoms. The molecule has 9 nitrogen and oxygen atoms in total. The number of nitrogens with one attached hydrogen (secondary N) is 1. The monoisotopic (exact) mass is 498 g/mol. The highest BCUT2D eigenvalue weighted by atomic mass is 32.2. The Bertz CT molecular complexity index is 1270. The number of carbonyl (C=O) groups is 1. The maximum absolute atomic E-state index is 13.3. The molecular formula is C25H30N4O5S. The van der Waals surface area contributed by atoms with Crippen LogP contribution in [0.2, 0.25) is 0 Å². The molecule has 0 saturated carbocycles. The molecule has 10 heteroatoms. The lowest BCUT2D eigenvalue weighted by atomic mass is 10.0. The highest BCUT2D eigenvalue weighted by Crippen LogP contribution is 2.32. The van der Waals surface area contributed by atoms with Crippen molar-refractivity contribution in [3.8, 4) is 17.2 Å².